The van der Waals surface area contributed by atoms with Gasteiger partial charge >= 0.3 is 0 Å². The molecule has 0 aliphatic carbocycles. The molecule has 134 valence electrons. The van der Waals surface area contributed by atoms with Crippen molar-refractivity contribution in [2.75, 3.05) is 36.5 Å². The van der Waals surface area contributed by atoms with Gasteiger partial charge in [-0.15, -0.1) is 0 Å². The minimum atomic E-state index is -0.670. The molecule has 2 amide bonds. The molecule has 4 rings (SSSR count). The molecule has 0 radical (unpaired) electrons. The lowest BCUT2D eigenvalue weighted by Crippen LogP contribution is -2.39. The smallest absolute Gasteiger partial charge is 0.254 e. The second kappa shape index (κ2) is 6.80. The number of hydrogen-bond donors (Lipinski definition) is 2. The molecule has 1 saturated heterocycles. The number of nitrogens with one attached hydrogen (secondary N) is 2. The van der Waals surface area contributed by atoms with E-state index in [9.17, 15) is 9.59 Å². The van der Waals surface area contributed by atoms with Crippen molar-refractivity contribution in [1.29, 1.82) is 0 Å². The van der Waals surface area contributed by atoms with E-state index in [-0.39, 0.29) is 11.8 Å². The van der Waals surface area contributed by atoms with Crippen molar-refractivity contribution in [2.45, 2.75) is 13.0 Å². The van der Waals surface area contributed by atoms with Gasteiger partial charge in [0.1, 0.15) is 6.04 Å². The third kappa shape index (κ3) is 2.93. The van der Waals surface area contributed by atoms with E-state index in [1.54, 1.807) is 6.07 Å². The molecule has 2 aromatic rings. The predicted molar refractivity (Wildman–Crippen MR) is 99.5 cm³/mol. The van der Waals surface area contributed by atoms with E-state index in [1.165, 1.54) is 0 Å². The first-order valence-corrected chi connectivity index (χ1v) is 8.78. The summed E-state index contributed by atoms with van der Waals surface area (Å²) in [5, 5.41) is 5.76. The summed E-state index contributed by atoms with van der Waals surface area (Å²) in [6, 6.07) is 12.5. The molecule has 26 heavy (non-hydrogen) atoms. The van der Waals surface area contributed by atoms with Crippen molar-refractivity contribution in [3.05, 3.63) is 59.2 Å². The molecule has 0 saturated carbocycles. The van der Waals surface area contributed by atoms with Gasteiger partial charge < -0.3 is 20.3 Å². The van der Waals surface area contributed by atoms with Gasteiger partial charge in [-0.2, -0.15) is 0 Å². The lowest BCUT2D eigenvalue weighted by Gasteiger charge is -2.30. The van der Waals surface area contributed by atoms with E-state index in [0.29, 0.717) is 18.8 Å². The lowest BCUT2D eigenvalue weighted by molar-refractivity contribution is -0.117. The molecule has 6 nitrogen and oxygen atoms in total. The van der Waals surface area contributed by atoms with E-state index >= 15 is 0 Å². The van der Waals surface area contributed by atoms with Gasteiger partial charge in [-0.3, -0.25) is 9.59 Å². The summed E-state index contributed by atoms with van der Waals surface area (Å²) in [5.74, 6) is -0.449. The Morgan fingerprint density at radius 2 is 1.92 bits per heavy atom. The van der Waals surface area contributed by atoms with Crippen LogP contribution in [-0.2, 0) is 9.53 Å². The third-order valence-electron chi connectivity index (χ3n) is 4.91. The van der Waals surface area contributed by atoms with Gasteiger partial charge in [-0.1, -0.05) is 24.3 Å². The number of morpholine rings is 1. The number of ether oxygens (including phenoxy) is 1. The molecule has 1 fully saturated rings. The molecule has 1 atom stereocenters. The zero-order valence-corrected chi connectivity index (χ0v) is 14.6. The van der Waals surface area contributed by atoms with E-state index in [0.717, 1.165) is 35.6 Å². The molecule has 0 spiro atoms. The maximum atomic E-state index is 13.0. The first-order valence-electron chi connectivity index (χ1n) is 8.78. The summed E-state index contributed by atoms with van der Waals surface area (Å²) in [7, 11) is 0. The fourth-order valence-corrected chi connectivity index (χ4v) is 3.60. The van der Waals surface area contributed by atoms with Crippen LogP contribution in [-0.4, -0.2) is 38.1 Å². The topological polar surface area (TPSA) is 70.7 Å². The molecule has 2 aromatic carbocycles. The van der Waals surface area contributed by atoms with Crippen LogP contribution in [0.15, 0.2) is 42.5 Å². The van der Waals surface area contributed by atoms with Crippen molar-refractivity contribution >= 4 is 23.2 Å². The van der Waals surface area contributed by atoms with Crippen molar-refractivity contribution < 1.29 is 14.3 Å². The zero-order valence-electron chi connectivity index (χ0n) is 14.6. The van der Waals surface area contributed by atoms with Gasteiger partial charge in [0.15, 0.2) is 0 Å². The highest BCUT2D eigenvalue weighted by Crippen LogP contribution is 2.34. The van der Waals surface area contributed by atoms with Gasteiger partial charge in [0.2, 0.25) is 0 Å². The Hall–Kier alpha value is -2.86. The number of hydrogen-bond acceptors (Lipinski definition) is 4. The number of carbonyl (C=O) groups excluding carboxylic acids is 2. The Balaban J connectivity index is 1.61. The number of aryl methyl sites for hydroxylation is 1. The van der Waals surface area contributed by atoms with Crippen molar-refractivity contribution in [3.8, 4) is 0 Å². The molecular formula is C20H21N3O3. The Labute approximate surface area is 152 Å². The highest BCUT2D eigenvalue weighted by molar-refractivity contribution is 6.08. The normalized spacial score (nSPS) is 19.0. The minimum absolute atomic E-state index is 0.202. The fraction of sp³-hybridized carbons (Fsp3) is 0.300. The summed E-state index contributed by atoms with van der Waals surface area (Å²) >= 11 is 0. The van der Waals surface area contributed by atoms with Crippen LogP contribution in [0.2, 0.25) is 0 Å². The first kappa shape index (κ1) is 16.6. The average Bonchev–Trinajstić information content (AvgIpc) is 2.99. The summed E-state index contributed by atoms with van der Waals surface area (Å²) in [6.07, 6.45) is 0. The maximum Gasteiger partial charge on any atom is 0.254 e. The largest absolute Gasteiger partial charge is 0.378 e. The molecule has 6 heteroatoms. The van der Waals surface area contributed by atoms with E-state index in [1.807, 2.05) is 43.3 Å². The van der Waals surface area contributed by atoms with E-state index in [2.05, 4.69) is 15.5 Å². The van der Waals surface area contributed by atoms with E-state index < -0.39 is 6.04 Å². The Morgan fingerprint density at radius 3 is 2.73 bits per heavy atom. The maximum absolute atomic E-state index is 13.0. The average molecular weight is 351 g/mol. The summed E-state index contributed by atoms with van der Waals surface area (Å²) in [5.41, 5.74) is 4.03. The van der Waals surface area contributed by atoms with Crippen molar-refractivity contribution in [3.63, 3.8) is 0 Å². The molecular weight excluding hydrogens is 330 g/mol. The molecule has 1 unspecified atom stereocenters. The monoisotopic (exact) mass is 351 g/mol. The lowest BCUT2D eigenvalue weighted by atomic mass is 10.0. The summed E-state index contributed by atoms with van der Waals surface area (Å²) < 4.78 is 5.40. The molecule has 0 bridgehead atoms. The van der Waals surface area contributed by atoms with Gasteiger partial charge in [-0.25, -0.2) is 0 Å². The molecule has 2 aliphatic rings. The summed E-state index contributed by atoms with van der Waals surface area (Å²) in [4.78, 5) is 27.5. The molecule has 2 aliphatic heterocycles. The first-order chi connectivity index (χ1) is 12.6. The molecule has 0 aromatic heterocycles. The number of rotatable bonds is 3. The quantitative estimate of drug-likeness (QED) is 0.890. The number of nitrogens with zero attached hydrogens (tertiary/aromatic N) is 1. The zero-order chi connectivity index (χ0) is 18.1. The minimum Gasteiger partial charge on any atom is -0.378 e. The standard InChI is InChI=1S/C20H21N3O3/c1-13-5-4-7-15-17(13)18(20(25)21-15)22-19(24)14-6-2-3-8-16(14)23-9-11-26-12-10-23/h2-8,18H,9-12H2,1H3,(H,21,25)(H,22,24). The Morgan fingerprint density at radius 1 is 1.15 bits per heavy atom. The van der Waals surface area contributed by atoms with Gasteiger partial charge in [0.05, 0.1) is 18.8 Å². The molecule has 2 N–H and O–H groups in total. The van der Waals surface area contributed by atoms with Crippen LogP contribution < -0.4 is 15.5 Å². The number of benzene rings is 2. The van der Waals surface area contributed by atoms with Crippen LogP contribution >= 0.6 is 0 Å². The highest BCUT2D eigenvalue weighted by atomic mass is 16.5. The van der Waals surface area contributed by atoms with E-state index in [4.69, 9.17) is 4.74 Å². The highest BCUT2D eigenvalue weighted by Gasteiger charge is 2.33. The van der Waals surface area contributed by atoms with Gasteiger partial charge in [0.25, 0.3) is 11.8 Å². The number of fused-ring (bicyclic) bond motifs is 1. The number of amides is 2. The number of carbonyl (C=O) groups is 2. The van der Waals surface area contributed by atoms with Crippen LogP contribution in [0, 0.1) is 6.92 Å². The fourth-order valence-electron chi connectivity index (χ4n) is 3.60. The number of para-hydroxylation sites is 1. The Kier molecular flexibility index (Phi) is 4.34. The third-order valence-corrected chi connectivity index (χ3v) is 4.91. The van der Waals surface area contributed by atoms with Crippen molar-refractivity contribution in [1.82, 2.24) is 5.32 Å². The van der Waals surface area contributed by atoms with Crippen LogP contribution in [0.3, 0.4) is 0 Å². The van der Waals surface area contributed by atoms with Crippen LogP contribution in [0.25, 0.3) is 0 Å². The predicted octanol–water partition coefficient (Wildman–Crippen LogP) is 2.25. The summed E-state index contributed by atoms with van der Waals surface area (Å²) in [6.45, 7) is 4.73. The Bertz CT molecular complexity index is 859. The van der Waals surface area contributed by atoms with Crippen LogP contribution in [0.4, 0.5) is 11.4 Å². The van der Waals surface area contributed by atoms with Crippen molar-refractivity contribution in [2.24, 2.45) is 0 Å². The van der Waals surface area contributed by atoms with Crippen LogP contribution in [0.1, 0.15) is 27.5 Å². The second-order valence-electron chi connectivity index (χ2n) is 6.55. The van der Waals surface area contributed by atoms with Gasteiger partial charge in [0, 0.05) is 30.0 Å². The SMILES string of the molecule is Cc1cccc2c1C(NC(=O)c1ccccc1N1CCOCC1)C(=O)N2. The number of anilines is 2. The van der Waals surface area contributed by atoms with Crippen LogP contribution in [0.5, 0.6) is 0 Å². The van der Waals surface area contributed by atoms with Gasteiger partial charge in [-0.05, 0) is 30.7 Å². The molecule has 2 heterocycles. The second-order valence-corrected chi connectivity index (χ2v) is 6.55.